The van der Waals surface area contributed by atoms with Gasteiger partial charge in [-0.3, -0.25) is 0 Å². The van der Waals surface area contributed by atoms with Gasteiger partial charge in [-0.2, -0.15) is 4.31 Å². The maximum atomic E-state index is 14.2. The Morgan fingerprint density at radius 2 is 2.04 bits per heavy atom. The minimum Gasteiger partial charge on any atom is -0.496 e. The molecule has 1 N–H and O–H groups in total. The third-order valence-corrected chi connectivity index (χ3v) is 6.33. The number of ether oxygens (including phenoxy) is 1. The Labute approximate surface area is 151 Å². The number of sulfonamides is 1. The van der Waals surface area contributed by atoms with Crippen molar-refractivity contribution >= 4 is 21.6 Å². The lowest BCUT2D eigenvalue weighted by Crippen LogP contribution is -2.48. The molecule has 0 saturated carbocycles. The van der Waals surface area contributed by atoms with E-state index in [2.05, 4.69) is 5.32 Å². The molecular formula is C17H18ClFN2O3S. The Kier molecular flexibility index (Phi) is 5.29. The Bertz CT molecular complexity index is 876. The summed E-state index contributed by atoms with van der Waals surface area (Å²) < 4.78 is 47.1. The van der Waals surface area contributed by atoms with E-state index >= 15 is 0 Å². The van der Waals surface area contributed by atoms with Gasteiger partial charge in [0.25, 0.3) is 0 Å². The van der Waals surface area contributed by atoms with Crippen LogP contribution in [-0.4, -0.2) is 39.5 Å². The van der Waals surface area contributed by atoms with Gasteiger partial charge in [-0.05, 0) is 24.3 Å². The van der Waals surface area contributed by atoms with Crippen LogP contribution >= 0.6 is 11.6 Å². The van der Waals surface area contributed by atoms with Gasteiger partial charge in [0.2, 0.25) is 10.0 Å². The zero-order valence-electron chi connectivity index (χ0n) is 13.6. The van der Waals surface area contributed by atoms with Crippen molar-refractivity contribution < 1.29 is 17.5 Å². The fourth-order valence-corrected chi connectivity index (χ4v) is 4.92. The van der Waals surface area contributed by atoms with Gasteiger partial charge in [-0.1, -0.05) is 29.8 Å². The Morgan fingerprint density at radius 3 is 2.80 bits per heavy atom. The molecule has 8 heteroatoms. The van der Waals surface area contributed by atoms with Crippen LogP contribution in [0.4, 0.5) is 4.39 Å². The summed E-state index contributed by atoms with van der Waals surface area (Å²) in [6.07, 6.45) is 0. The summed E-state index contributed by atoms with van der Waals surface area (Å²) >= 11 is 5.88. The number of benzene rings is 2. The number of hydrogen-bond donors (Lipinski definition) is 1. The molecule has 1 heterocycles. The highest BCUT2D eigenvalue weighted by Crippen LogP contribution is 2.35. The number of halogens is 2. The van der Waals surface area contributed by atoms with Gasteiger partial charge in [0.1, 0.15) is 16.5 Å². The molecule has 3 rings (SSSR count). The zero-order chi connectivity index (χ0) is 18.0. The van der Waals surface area contributed by atoms with Crippen LogP contribution < -0.4 is 10.1 Å². The number of para-hydroxylation sites is 1. The number of rotatable bonds is 4. The summed E-state index contributed by atoms with van der Waals surface area (Å²) in [5, 5.41) is 3.35. The van der Waals surface area contributed by atoms with Gasteiger partial charge < -0.3 is 10.1 Å². The van der Waals surface area contributed by atoms with Crippen molar-refractivity contribution in [2.75, 3.05) is 26.7 Å². The van der Waals surface area contributed by atoms with Crippen molar-refractivity contribution in [1.82, 2.24) is 9.62 Å². The first-order valence-electron chi connectivity index (χ1n) is 7.75. The normalized spacial score (nSPS) is 18.9. The highest BCUT2D eigenvalue weighted by molar-refractivity contribution is 7.89. The predicted octanol–water partition coefficient (Wildman–Crippen LogP) is 2.82. The van der Waals surface area contributed by atoms with Gasteiger partial charge in [0.15, 0.2) is 0 Å². The molecule has 0 aromatic heterocycles. The van der Waals surface area contributed by atoms with Crippen LogP contribution in [0.5, 0.6) is 5.75 Å². The Morgan fingerprint density at radius 1 is 1.28 bits per heavy atom. The zero-order valence-corrected chi connectivity index (χ0v) is 15.1. The van der Waals surface area contributed by atoms with Gasteiger partial charge in [0.05, 0.1) is 13.2 Å². The summed E-state index contributed by atoms with van der Waals surface area (Å²) in [5.41, 5.74) is 0.725. The van der Waals surface area contributed by atoms with Crippen molar-refractivity contribution in [3.63, 3.8) is 0 Å². The van der Waals surface area contributed by atoms with Gasteiger partial charge in [-0.25, -0.2) is 12.8 Å². The van der Waals surface area contributed by atoms with E-state index in [0.717, 1.165) is 17.7 Å². The van der Waals surface area contributed by atoms with Crippen molar-refractivity contribution in [2.24, 2.45) is 0 Å². The first kappa shape index (κ1) is 18.1. The van der Waals surface area contributed by atoms with Gasteiger partial charge in [-0.15, -0.1) is 0 Å². The summed E-state index contributed by atoms with van der Waals surface area (Å²) in [4.78, 5) is -0.415. The smallest absolute Gasteiger partial charge is 0.246 e. The van der Waals surface area contributed by atoms with E-state index in [9.17, 15) is 12.8 Å². The van der Waals surface area contributed by atoms with Crippen molar-refractivity contribution in [3.05, 3.63) is 58.9 Å². The molecule has 1 atom stereocenters. The summed E-state index contributed by atoms with van der Waals surface area (Å²) in [6, 6.07) is 10.2. The van der Waals surface area contributed by atoms with Crippen LogP contribution in [0.3, 0.4) is 0 Å². The van der Waals surface area contributed by atoms with Crippen LogP contribution in [-0.2, 0) is 10.0 Å². The molecule has 0 amide bonds. The number of piperazine rings is 1. The third kappa shape index (κ3) is 3.50. The summed E-state index contributed by atoms with van der Waals surface area (Å²) in [6.45, 7) is 1.10. The lowest BCUT2D eigenvalue weighted by Gasteiger charge is -2.36. The highest BCUT2D eigenvalue weighted by Gasteiger charge is 2.37. The molecule has 0 radical (unpaired) electrons. The minimum absolute atomic E-state index is 0.170. The molecule has 2 aromatic carbocycles. The third-order valence-electron chi connectivity index (χ3n) is 4.17. The van der Waals surface area contributed by atoms with Crippen molar-refractivity contribution in [3.8, 4) is 5.75 Å². The number of nitrogens with one attached hydrogen (secondary N) is 1. The van der Waals surface area contributed by atoms with Crippen molar-refractivity contribution in [1.29, 1.82) is 0 Å². The van der Waals surface area contributed by atoms with E-state index in [0.29, 0.717) is 18.8 Å². The minimum atomic E-state index is -4.06. The van der Waals surface area contributed by atoms with Crippen LogP contribution in [0.15, 0.2) is 47.4 Å². The van der Waals surface area contributed by atoms with E-state index in [-0.39, 0.29) is 11.6 Å². The molecular weight excluding hydrogens is 367 g/mol. The summed E-state index contributed by atoms with van der Waals surface area (Å²) in [5.74, 6) is -0.232. The molecule has 1 saturated heterocycles. The highest BCUT2D eigenvalue weighted by atomic mass is 35.5. The number of nitrogens with zero attached hydrogens (tertiary/aromatic N) is 1. The average Bonchev–Trinajstić information content (AvgIpc) is 2.63. The topological polar surface area (TPSA) is 58.6 Å². The van der Waals surface area contributed by atoms with E-state index < -0.39 is 26.8 Å². The van der Waals surface area contributed by atoms with Crippen LogP contribution in [0.25, 0.3) is 0 Å². The molecule has 1 aliphatic rings. The van der Waals surface area contributed by atoms with Gasteiger partial charge in [0, 0.05) is 30.2 Å². The standard InChI is InChI=1S/C17H18ClFN2O3S/c1-24-16-5-3-2-4-13(16)15-11-20-8-9-21(15)25(22,23)17-10-12(18)6-7-14(17)19/h2-7,10,15,20H,8-9,11H2,1H3. The molecule has 2 aromatic rings. The number of methoxy groups -OCH3 is 1. The lowest BCUT2D eigenvalue weighted by atomic mass is 10.0. The van der Waals surface area contributed by atoms with E-state index in [4.69, 9.17) is 16.3 Å². The monoisotopic (exact) mass is 384 g/mol. The molecule has 0 bridgehead atoms. The fraction of sp³-hybridized carbons (Fsp3) is 0.294. The quantitative estimate of drug-likeness (QED) is 0.880. The molecule has 1 fully saturated rings. The van der Waals surface area contributed by atoms with Crippen LogP contribution in [0.1, 0.15) is 11.6 Å². The van der Waals surface area contributed by atoms with Gasteiger partial charge >= 0.3 is 0 Å². The SMILES string of the molecule is COc1ccccc1C1CNCCN1S(=O)(=O)c1cc(Cl)ccc1F. The Hall–Kier alpha value is -1.67. The molecule has 1 aliphatic heterocycles. The first-order chi connectivity index (χ1) is 11.9. The maximum Gasteiger partial charge on any atom is 0.246 e. The molecule has 134 valence electrons. The Balaban J connectivity index is 2.08. The lowest BCUT2D eigenvalue weighted by molar-refractivity contribution is 0.264. The molecule has 25 heavy (non-hydrogen) atoms. The largest absolute Gasteiger partial charge is 0.496 e. The summed E-state index contributed by atoms with van der Waals surface area (Å²) in [7, 11) is -2.53. The van der Waals surface area contributed by atoms with Crippen LogP contribution in [0, 0.1) is 5.82 Å². The second kappa shape index (κ2) is 7.29. The maximum absolute atomic E-state index is 14.2. The molecule has 1 unspecified atom stereocenters. The molecule has 5 nitrogen and oxygen atoms in total. The van der Waals surface area contributed by atoms with Crippen LogP contribution in [0.2, 0.25) is 5.02 Å². The first-order valence-corrected chi connectivity index (χ1v) is 9.57. The van der Waals surface area contributed by atoms with E-state index in [1.165, 1.54) is 17.5 Å². The van der Waals surface area contributed by atoms with E-state index in [1.54, 1.807) is 6.07 Å². The second-order valence-corrected chi connectivity index (χ2v) is 7.95. The second-order valence-electron chi connectivity index (χ2n) is 5.65. The molecule has 0 aliphatic carbocycles. The van der Waals surface area contributed by atoms with E-state index in [1.807, 2.05) is 18.2 Å². The molecule has 0 spiro atoms. The number of hydrogen-bond acceptors (Lipinski definition) is 4. The average molecular weight is 385 g/mol. The predicted molar refractivity (Wildman–Crippen MR) is 93.9 cm³/mol. The fourth-order valence-electron chi connectivity index (χ4n) is 2.98. The van der Waals surface area contributed by atoms with Crippen molar-refractivity contribution in [2.45, 2.75) is 10.9 Å².